The van der Waals surface area contributed by atoms with Gasteiger partial charge in [0.25, 0.3) is 0 Å². The van der Waals surface area contributed by atoms with Gasteiger partial charge in [0, 0.05) is 9.80 Å². The molecule has 1 unspecified atom stereocenters. The number of halogens is 2. The number of ether oxygens (including phenoxy) is 2. The fourth-order valence-corrected chi connectivity index (χ4v) is 2.40. The minimum absolute atomic E-state index is 0.362. The van der Waals surface area contributed by atoms with Gasteiger partial charge >= 0.3 is 6.09 Å². The van der Waals surface area contributed by atoms with Gasteiger partial charge in [-0.2, -0.15) is 0 Å². The van der Waals surface area contributed by atoms with Crippen molar-refractivity contribution in [3.8, 4) is 0 Å². The number of alkyl carbamates (subject to hydrolysis) is 1. The molecule has 22 heavy (non-hydrogen) atoms. The summed E-state index contributed by atoms with van der Waals surface area (Å²) in [5.41, 5.74) is 0.0458. The largest absolute Gasteiger partial charge is 0.444 e. The summed E-state index contributed by atoms with van der Waals surface area (Å²) in [7, 11) is 0. The summed E-state index contributed by atoms with van der Waals surface area (Å²) in [5.74, 6) is 0. The van der Waals surface area contributed by atoms with Gasteiger partial charge in [0.05, 0.1) is 18.8 Å². The van der Waals surface area contributed by atoms with Gasteiger partial charge in [-0.15, -0.1) is 0 Å². The molecule has 124 valence electrons. The quantitative estimate of drug-likeness (QED) is 0.660. The van der Waals surface area contributed by atoms with Crippen molar-refractivity contribution in [1.82, 2.24) is 5.32 Å². The highest BCUT2D eigenvalue weighted by Gasteiger charge is 2.26. The average molecular weight is 437 g/mol. The maximum Gasteiger partial charge on any atom is 0.407 e. The van der Waals surface area contributed by atoms with E-state index in [1.165, 1.54) is 0 Å². The zero-order chi connectivity index (χ0) is 16.8. The predicted molar refractivity (Wildman–Crippen MR) is 95.4 cm³/mol. The molecule has 4 nitrogen and oxygen atoms in total. The number of carbonyl (C=O) groups excluding carboxylic acids is 1. The van der Waals surface area contributed by atoms with Crippen molar-refractivity contribution in [2.75, 3.05) is 11.9 Å². The SMILES string of the molecule is CC(C)(C)OC(=O)NCC(C)(CBr)OCc1cccc(Br)c1. The molecule has 1 aromatic rings. The molecular formula is C16H23Br2NO3. The zero-order valence-corrected chi connectivity index (χ0v) is 16.6. The molecule has 1 rings (SSSR count). The molecule has 1 aromatic carbocycles. The van der Waals surface area contributed by atoms with Crippen molar-refractivity contribution in [3.05, 3.63) is 34.3 Å². The van der Waals surface area contributed by atoms with Crippen LogP contribution < -0.4 is 5.32 Å². The molecule has 0 aliphatic carbocycles. The normalized spacial score (nSPS) is 14.3. The first-order valence-corrected chi connectivity index (χ1v) is 8.96. The number of hydrogen-bond donors (Lipinski definition) is 1. The summed E-state index contributed by atoms with van der Waals surface area (Å²) >= 11 is 6.88. The van der Waals surface area contributed by atoms with E-state index in [-0.39, 0.29) is 0 Å². The molecule has 0 saturated carbocycles. The number of hydrogen-bond acceptors (Lipinski definition) is 3. The average Bonchev–Trinajstić information content (AvgIpc) is 2.41. The first-order valence-electron chi connectivity index (χ1n) is 7.05. The van der Waals surface area contributed by atoms with E-state index in [1.807, 2.05) is 52.0 Å². The third kappa shape index (κ3) is 7.61. The lowest BCUT2D eigenvalue weighted by Crippen LogP contribution is -2.45. The summed E-state index contributed by atoms with van der Waals surface area (Å²) in [4.78, 5) is 11.7. The van der Waals surface area contributed by atoms with Crippen molar-refractivity contribution in [3.63, 3.8) is 0 Å². The van der Waals surface area contributed by atoms with Gasteiger partial charge < -0.3 is 14.8 Å². The van der Waals surface area contributed by atoms with Gasteiger partial charge in [-0.05, 0) is 45.4 Å². The zero-order valence-electron chi connectivity index (χ0n) is 13.4. The van der Waals surface area contributed by atoms with Crippen molar-refractivity contribution in [1.29, 1.82) is 0 Å². The van der Waals surface area contributed by atoms with Crippen LogP contribution in [0, 0.1) is 0 Å². The summed E-state index contributed by atoms with van der Waals surface area (Å²) in [6, 6.07) is 7.95. The maximum atomic E-state index is 11.7. The molecule has 0 saturated heterocycles. The second-order valence-corrected chi connectivity index (χ2v) is 7.83. The maximum absolute atomic E-state index is 11.7. The number of benzene rings is 1. The fraction of sp³-hybridized carbons (Fsp3) is 0.562. The van der Waals surface area contributed by atoms with Gasteiger partial charge in [-0.3, -0.25) is 0 Å². The number of amides is 1. The summed E-state index contributed by atoms with van der Waals surface area (Å²) < 4.78 is 12.2. The molecule has 0 aromatic heterocycles. The molecule has 1 atom stereocenters. The molecule has 0 aliphatic heterocycles. The van der Waals surface area contributed by atoms with Crippen molar-refractivity contribution in [2.45, 2.75) is 45.5 Å². The van der Waals surface area contributed by atoms with Gasteiger partial charge in [-0.1, -0.05) is 44.0 Å². The molecule has 6 heteroatoms. The Labute approximate surface area is 149 Å². The molecule has 0 bridgehead atoms. The van der Waals surface area contributed by atoms with Crippen LogP contribution in [0.25, 0.3) is 0 Å². The van der Waals surface area contributed by atoms with E-state index in [0.717, 1.165) is 10.0 Å². The predicted octanol–water partition coefficient (Wildman–Crippen LogP) is 4.64. The topological polar surface area (TPSA) is 47.6 Å². The van der Waals surface area contributed by atoms with E-state index < -0.39 is 17.3 Å². The van der Waals surface area contributed by atoms with Crippen LogP contribution in [-0.2, 0) is 16.1 Å². The lowest BCUT2D eigenvalue weighted by molar-refractivity contribution is -0.0258. The van der Waals surface area contributed by atoms with Crippen LogP contribution in [0.4, 0.5) is 4.79 Å². The summed E-state index contributed by atoms with van der Waals surface area (Å²) in [6.45, 7) is 8.27. The number of alkyl halides is 1. The molecule has 1 N–H and O–H groups in total. The Morgan fingerprint density at radius 1 is 1.27 bits per heavy atom. The van der Waals surface area contributed by atoms with Gasteiger partial charge in [0.1, 0.15) is 5.60 Å². The number of rotatable bonds is 6. The highest BCUT2D eigenvalue weighted by Crippen LogP contribution is 2.18. The van der Waals surface area contributed by atoms with Crippen LogP contribution >= 0.6 is 31.9 Å². The Bertz CT molecular complexity index is 502. The van der Waals surface area contributed by atoms with Crippen LogP contribution in [0.3, 0.4) is 0 Å². The van der Waals surface area contributed by atoms with Crippen LogP contribution in [0.2, 0.25) is 0 Å². The lowest BCUT2D eigenvalue weighted by atomic mass is 10.1. The third-order valence-electron chi connectivity index (χ3n) is 2.76. The van der Waals surface area contributed by atoms with Crippen molar-refractivity contribution < 1.29 is 14.3 Å². The van der Waals surface area contributed by atoms with Crippen LogP contribution in [0.15, 0.2) is 28.7 Å². The van der Waals surface area contributed by atoms with E-state index in [4.69, 9.17) is 9.47 Å². The first-order chi connectivity index (χ1) is 10.1. The van der Waals surface area contributed by atoms with Crippen molar-refractivity contribution in [2.24, 2.45) is 0 Å². The minimum Gasteiger partial charge on any atom is -0.444 e. The minimum atomic E-state index is -0.515. The third-order valence-corrected chi connectivity index (χ3v) is 4.44. The molecule has 0 aliphatic rings. The second kappa shape index (κ2) is 8.31. The Morgan fingerprint density at radius 3 is 2.50 bits per heavy atom. The van der Waals surface area contributed by atoms with Crippen LogP contribution in [0.5, 0.6) is 0 Å². The standard InChI is InChI=1S/C16H23Br2NO3/c1-15(2,3)22-14(20)19-11-16(4,10-17)21-9-12-6-5-7-13(18)8-12/h5-8H,9-11H2,1-4H3,(H,19,20). The van der Waals surface area contributed by atoms with E-state index >= 15 is 0 Å². The molecule has 0 fully saturated rings. The van der Waals surface area contributed by atoms with Crippen LogP contribution in [-0.4, -0.2) is 29.2 Å². The summed E-state index contributed by atoms with van der Waals surface area (Å²) in [6.07, 6.45) is -0.439. The fourth-order valence-electron chi connectivity index (χ4n) is 1.59. The van der Waals surface area contributed by atoms with Gasteiger partial charge in [0.15, 0.2) is 0 Å². The Balaban J connectivity index is 2.51. The number of nitrogens with one attached hydrogen (secondary N) is 1. The van der Waals surface area contributed by atoms with E-state index in [2.05, 4.69) is 37.2 Å². The highest BCUT2D eigenvalue weighted by atomic mass is 79.9. The highest BCUT2D eigenvalue weighted by molar-refractivity contribution is 9.10. The van der Waals surface area contributed by atoms with E-state index in [1.54, 1.807) is 0 Å². The molecule has 0 spiro atoms. The molecule has 0 heterocycles. The Kier molecular flexibility index (Phi) is 7.35. The lowest BCUT2D eigenvalue weighted by Gasteiger charge is -2.29. The first kappa shape index (κ1) is 19.5. The van der Waals surface area contributed by atoms with Gasteiger partial charge in [0.2, 0.25) is 0 Å². The molecule has 1 amide bonds. The van der Waals surface area contributed by atoms with Crippen LogP contribution in [0.1, 0.15) is 33.3 Å². The Morgan fingerprint density at radius 2 is 1.95 bits per heavy atom. The molecular weight excluding hydrogens is 414 g/mol. The number of carbonyl (C=O) groups is 1. The van der Waals surface area contributed by atoms with Crippen molar-refractivity contribution >= 4 is 38.0 Å². The van der Waals surface area contributed by atoms with E-state index in [9.17, 15) is 4.79 Å². The smallest absolute Gasteiger partial charge is 0.407 e. The van der Waals surface area contributed by atoms with E-state index in [0.29, 0.717) is 18.5 Å². The Hall–Kier alpha value is -0.590. The van der Waals surface area contributed by atoms with Gasteiger partial charge in [-0.25, -0.2) is 4.79 Å². The summed E-state index contributed by atoms with van der Waals surface area (Å²) in [5, 5.41) is 3.35. The monoisotopic (exact) mass is 435 g/mol. The second-order valence-electron chi connectivity index (χ2n) is 6.36. The molecule has 0 radical (unpaired) electrons.